The number of nitrogens with zero attached hydrogens (tertiary/aromatic N) is 1. The Morgan fingerprint density at radius 2 is 1.91 bits per heavy atom. The second-order valence-corrected chi connectivity index (χ2v) is 6.29. The second-order valence-electron chi connectivity index (χ2n) is 5.38. The summed E-state index contributed by atoms with van der Waals surface area (Å²) < 4.78 is 6.55. The van der Waals surface area contributed by atoms with E-state index in [-0.39, 0.29) is 24.4 Å². The molecule has 0 radical (unpaired) electrons. The van der Waals surface area contributed by atoms with Gasteiger partial charge in [0.05, 0.1) is 13.2 Å². The zero-order chi connectivity index (χ0) is 16.5. The maximum atomic E-state index is 11.9. The first-order chi connectivity index (χ1) is 10.4. The van der Waals surface area contributed by atoms with Gasteiger partial charge in [0.25, 0.3) is 0 Å². The van der Waals surface area contributed by atoms with Gasteiger partial charge in [-0.2, -0.15) is 0 Å². The van der Waals surface area contributed by atoms with Gasteiger partial charge in [-0.05, 0) is 44.5 Å². The number of carbonyl (C=O) groups is 2. The van der Waals surface area contributed by atoms with E-state index < -0.39 is 0 Å². The Bertz CT molecular complexity index is 489. The van der Waals surface area contributed by atoms with Crippen LogP contribution < -0.4 is 10.1 Å². The first-order valence-corrected chi connectivity index (χ1v) is 8.09. The average Bonchev–Trinajstić information content (AvgIpc) is 2.44. The number of halogens is 1. The van der Waals surface area contributed by atoms with E-state index in [1.165, 1.54) is 4.90 Å². The van der Waals surface area contributed by atoms with Crippen molar-refractivity contribution in [2.24, 2.45) is 0 Å². The van der Waals surface area contributed by atoms with Crippen molar-refractivity contribution in [2.45, 2.75) is 32.7 Å². The molecule has 1 aromatic carbocycles. The molecule has 0 spiro atoms. The molecule has 2 amide bonds. The summed E-state index contributed by atoms with van der Waals surface area (Å²) in [6, 6.07) is 7.63. The standard InChI is InChI=1S/C16H23BrN2O3/c1-12(2)18-15(20)11-19(3)16(21)5-4-10-22-14-8-6-13(17)7-9-14/h6-9,12H,4-5,10-11H2,1-3H3,(H,18,20). The summed E-state index contributed by atoms with van der Waals surface area (Å²) in [5.74, 6) is 0.579. The number of likely N-dealkylation sites (N-methyl/N-ethyl adjacent to an activating group) is 1. The topological polar surface area (TPSA) is 58.6 Å². The zero-order valence-electron chi connectivity index (χ0n) is 13.3. The summed E-state index contributed by atoms with van der Waals surface area (Å²) in [7, 11) is 1.64. The van der Waals surface area contributed by atoms with Crippen LogP contribution in [0, 0.1) is 0 Å². The Hall–Kier alpha value is -1.56. The molecule has 0 unspecified atom stereocenters. The predicted octanol–water partition coefficient (Wildman–Crippen LogP) is 2.59. The van der Waals surface area contributed by atoms with Crippen LogP contribution in [-0.4, -0.2) is 43.0 Å². The molecule has 122 valence electrons. The van der Waals surface area contributed by atoms with E-state index >= 15 is 0 Å². The number of nitrogens with one attached hydrogen (secondary N) is 1. The Morgan fingerprint density at radius 3 is 2.50 bits per heavy atom. The van der Waals surface area contributed by atoms with Crippen molar-refractivity contribution >= 4 is 27.7 Å². The van der Waals surface area contributed by atoms with Crippen LogP contribution in [-0.2, 0) is 9.59 Å². The predicted molar refractivity (Wildman–Crippen MR) is 89.8 cm³/mol. The lowest BCUT2D eigenvalue weighted by Crippen LogP contribution is -2.40. The molecule has 0 heterocycles. The minimum absolute atomic E-state index is 0.0571. The number of amides is 2. The molecule has 0 bridgehead atoms. The van der Waals surface area contributed by atoms with Crippen molar-refractivity contribution in [3.05, 3.63) is 28.7 Å². The maximum absolute atomic E-state index is 11.9. The molecule has 0 atom stereocenters. The molecule has 0 aromatic heterocycles. The molecule has 5 nitrogen and oxygen atoms in total. The molecule has 0 saturated heterocycles. The van der Waals surface area contributed by atoms with Crippen molar-refractivity contribution in [1.82, 2.24) is 10.2 Å². The van der Waals surface area contributed by atoms with Gasteiger partial charge < -0.3 is 15.0 Å². The van der Waals surface area contributed by atoms with Crippen LogP contribution in [0.5, 0.6) is 5.75 Å². The molecule has 1 aromatic rings. The van der Waals surface area contributed by atoms with Gasteiger partial charge >= 0.3 is 0 Å². The van der Waals surface area contributed by atoms with Gasteiger partial charge in [0.15, 0.2) is 0 Å². The number of ether oxygens (including phenoxy) is 1. The van der Waals surface area contributed by atoms with E-state index in [1.807, 2.05) is 38.1 Å². The first kappa shape index (κ1) is 18.5. The zero-order valence-corrected chi connectivity index (χ0v) is 14.9. The first-order valence-electron chi connectivity index (χ1n) is 7.30. The van der Waals surface area contributed by atoms with Crippen molar-refractivity contribution < 1.29 is 14.3 Å². The van der Waals surface area contributed by atoms with E-state index in [1.54, 1.807) is 7.05 Å². The third-order valence-corrected chi connectivity index (χ3v) is 3.40. The Balaban J connectivity index is 2.22. The summed E-state index contributed by atoms with van der Waals surface area (Å²) in [6.45, 7) is 4.34. The Labute approximate surface area is 140 Å². The fourth-order valence-corrected chi connectivity index (χ4v) is 2.07. The monoisotopic (exact) mass is 370 g/mol. The van der Waals surface area contributed by atoms with E-state index in [0.29, 0.717) is 19.4 Å². The summed E-state index contributed by atoms with van der Waals surface area (Å²) in [5.41, 5.74) is 0. The van der Waals surface area contributed by atoms with Gasteiger partial charge in [-0.15, -0.1) is 0 Å². The van der Waals surface area contributed by atoms with Gasteiger partial charge in [0, 0.05) is 24.0 Å². The average molecular weight is 371 g/mol. The molecule has 1 N–H and O–H groups in total. The van der Waals surface area contributed by atoms with Crippen LogP contribution in [0.2, 0.25) is 0 Å². The van der Waals surface area contributed by atoms with E-state index in [0.717, 1.165) is 10.2 Å². The van der Waals surface area contributed by atoms with Crippen LogP contribution in [0.15, 0.2) is 28.7 Å². The number of benzene rings is 1. The SMILES string of the molecule is CC(C)NC(=O)CN(C)C(=O)CCCOc1ccc(Br)cc1. The van der Waals surface area contributed by atoms with Crippen LogP contribution in [0.1, 0.15) is 26.7 Å². The van der Waals surface area contributed by atoms with Gasteiger partial charge in [0.1, 0.15) is 5.75 Å². The van der Waals surface area contributed by atoms with Crippen LogP contribution in [0.25, 0.3) is 0 Å². The fraction of sp³-hybridized carbons (Fsp3) is 0.500. The highest BCUT2D eigenvalue weighted by molar-refractivity contribution is 9.10. The number of hydrogen-bond donors (Lipinski definition) is 1. The van der Waals surface area contributed by atoms with Crippen LogP contribution >= 0.6 is 15.9 Å². The molecule has 0 fully saturated rings. The summed E-state index contributed by atoms with van der Waals surface area (Å²) in [5, 5.41) is 2.76. The lowest BCUT2D eigenvalue weighted by atomic mass is 10.3. The van der Waals surface area contributed by atoms with E-state index in [9.17, 15) is 9.59 Å². The smallest absolute Gasteiger partial charge is 0.239 e. The van der Waals surface area contributed by atoms with Crippen LogP contribution in [0.4, 0.5) is 0 Å². The summed E-state index contributed by atoms with van der Waals surface area (Å²) in [6.07, 6.45) is 0.979. The fourth-order valence-electron chi connectivity index (χ4n) is 1.81. The number of rotatable bonds is 8. The molecule has 0 aliphatic carbocycles. The number of carbonyl (C=O) groups excluding carboxylic acids is 2. The lowest BCUT2D eigenvalue weighted by molar-refractivity contribution is -0.135. The van der Waals surface area contributed by atoms with Gasteiger partial charge in [0.2, 0.25) is 11.8 Å². The third-order valence-electron chi connectivity index (χ3n) is 2.87. The largest absolute Gasteiger partial charge is 0.494 e. The molecule has 0 aliphatic heterocycles. The highest BCUT2D eigenvalue weighted by Gasteiger charge is 2.13. The molecular weight excluding hydrogens is 348 g/mol. The third kappa shape index (κ3) is 7.45. The summed E-state index contributed by atoms with van der Waals surface area (Å²) in [4.78, 5) is 24.9. The Morgan fingerprint density at radius 1 is 1.27 bits per heavy atom. The molecule has 0 saturated carbocycles. The van der Waals surface area contributed by atoms with Crippen LogP contribution in [0.3, 0.4) is 0 Å². The molecule has 22 heavy (non-hydrogen) atoms. The van der Waals surface area contributed by atoms with E-state index in [4.69, 9.17) is 4.74 Å². The number of hydrogen-bond acceptors (Lipinski definition) is 3. The van der Waals surface area contributed by atoms with Crippen molar-refractivity contribution in [1.29, 1.82) is 0 Å². The van der Waals surface area contributed by atoms with Crippen molar-refractivity contribution in [2.75, 3.05) is 20.2 Å². The van der Waals surface area contributed by atoms with Gasteiger partial charge in [-0.25, -0.2) is 0 Å². The minimum atomic E-state index is -0.142. The van der Waals surface area contributed by atoms with Gasteiger partial charge in [-0.3, -0.25) is 9.59 Å². The van der Waals surface area contributed by atoms with Gasteiger partial charge in [-0.1, -0.05) is 15.9 Å². The van der Waals surface area contributed by atoms with Crippen molar-refractivity contribution in [3.8, 4) is 5.75 Å². The van der Waals surface area contributed by atoms with E-state index in [2.05, 4.69) is 21.2 Å². The highest BCUT2D eigenvalue weighted by Crippen LogP contribution is 2.16. The molecule has 6 heteroatoms. The minimum Gasteiger partial charge on any atom is -0.494 e. The normalized spacial score (nSPS) is 10.4. The Kier molecular flexibility index (Phi) is 7.95. The second kappa shape index (κ2) is 9.46. The molecular formula is C16H23BrN2O3. The van der Waals surface area contributed by atoms with Crippen molar-refractivity contribution in [3.63, 3.8) is 0 Å². The highest BCUT2D eigenvalue weighted by atomic mass is 79.9. The maximum Gasteiger partial charge on any atom is 0.239 e. The quantitative estimate of drug-likeness (QED) is 0.715. The molecule has 0 aliphatic rings. The summed E-state index contributed by atoms with van der Waals surface area (Å²) >= 11 is 3.36. The molecule has 1 rings (SSSR count). The lowest BCUT2D eigenvalue weighted by Gasteiger charge is -2.18.